The summed E-state index contributed by atoms with van der Waals surface area (Å²) >= 11 is 0. The number of hydrogen-bond acceptors (Lipinski definition) is 5. The van der Waals surface area contributed by atoms with Crippen LogP contribution in [0.3, 0.4) is 0 Å². The summed E-state index contributed by atoms with van der Waals surface area (Å²) < 4.78 is 10.1. The molecular weight excluding hydrogens is 232 g/mol. The van der Waals surface area contributed by atoms with Crippen LogP contribution in [0.4, 0.5) is 0 Å². The SMILES string of the molecule is COCC(O)Cc1nc(C2CCCC(C)C2)no1. The molecular formula is C13H22N2O3. The minimum absolute atomic E-state index is 0.290. The molecule has 1 saturated carbocycles. The molecule has 1 heterocycles. The van der Waals surface area contributed by atoms with Crippen LogP contribution in [0.5, 0.6) is 0 Å². The van der Waals surface area contributed by atoms with E-state index in [4.69, 9.17) is 9.26 Å². The second-order valence-electron chi connectivity index (χ2n) is 5.33. The molecule has 3 unspecified atom stereocenters. The van der Waals surface area contributed by atoms with Gasteiger partial charge in [-0.3, -0.25) is 0 Å². The molecule has 0 aliphatic heterocycles. The molecule has 1 aromatic rings. The van der Waals surface area contributed by atoms with Crippen molar-refractivity contribution in [2.45, 2.75) is 51.0 Å². The van der Waals surface area contributed by atoms with Gasteiger partial charge in [-0.1, -0.05) is 24.9 Å². The van der Waals surface area contributed by atoms with Gasteiger partial charge in [-0.05, 0) is 18.8 Å². The fourth-order valence-electron chi connectivity index (χ4n) is 2.64. The Bertz CT molecular complexity index is 367. The summed E-state index contributed by atoms with van der Waals surface area (Å²) in [4.78, 5) is 4.40. The molecule has 1 aliphatic rings. The molecule has 102 valence electrons. The maximum Gasteiger partial charge on any atom is 0.229 e. The van der Waals surface area contributed by atoms with Crippen LogP contribution in [-0.4, -0.2) is 35.1 Å². The molecule has 0 radical (unpaired) electrons. The van der Waals surface area contributed by atoms with E-state index in [1.54, 1.807) is 7.11 Å². The van der Waals surface area contributed by atoms with Crippen LogP contribution < -0.4 is 0 Å². The first kappa shape index (κ1) is 13.5. The highest BCUT2D eigenvalue weighted by Gasteiger charge is 2.25. The molecule has 5 nitrogen and oxygen atoms in total. The zero-order valence-electron chi connectivity index (χ0n) is 11.1. The summed E-state index contributed by atoms with van der Waals surface area (Å²) in [6, 6.07) is 0. The van der Waals surface area contributed by atoms with E-state index in [0.717, 1.165) is 24.6 Å². The van der Waals surface area contributed by atoms with Gasteiger partial charge in [-0.2, -0.15) is 4.98 Å². The fraction of sp³-hybridized carbons (Fsp3) is 0.846. The number of nitrogens with zero attached hydrogens (tertiary/aromatic N) is 2. The average molecular weight is 254 g/mol. The molecule has 5 heteroatoms. The second kappa shape index (κ2) is 6.29. The third-order valence-electron chi connectivity index (χ3n) is 3.55. The van der Waals surface area contributed by atoms with Crippen molar-refractivity contribution >= 4 is 0 Å². The Balaban J connectivity index is 1.92. The van der Waals surface area contributed by atoms with Gasteiger partial charge in [0, 0.05) is 13.0 Å². The lowest BCUT2D eigenvalue weighted by Gasteiger charge is -2.23. The highest BCUT2D eigenvalue weighted by molar-refractivity contribution is 4.98. The standard InChI is InChI=1S/C13H22N2O3/c1-9-4-3-5-10(6-9)13-14-12(18-15-13)7-11(16)8-17-2/h9-11,16H,3-8H2,1-2H3. The third kappa shape index (κ3) is 3.53. The largest absolute Gasteiger partial charge is 0.390 e. The Labute approximate surface area is 108 Å². The molecule has 1 aromatic heterocycles. The second-order valence-corrected chi connectivity index (χ2v) is 5.33. The number of aliphatic hydroxyl groups is 1. The van der Waals surface area contributed by atoms with E-state index in [2.05, 4.69) is 17.1 Å². The molecule has 1 fully saturated rings. The molecule has 18 heavy (non-hydrogen) atoms. The monoisotopic (exact) mass is 254 g/mol. The van der Waals surface area contributed by atoms with Gasteiger partial charge in [-0.25, -0.2) is 0 Å². The predicted molar refractivity (Wildman–Crippen MR) is 66.3 cm³/mol. The molecule has 1 N–H and O–H groups in total. The Morgan fingerprint density at radius 2 is 2.33 bits per heavy atom. The normalized spacial score (nSPS) is 26.2. The highest BCUT2D eigenvalue weighted by atomic mass is 16.5. The van der Waals surface area contributed by atoms with Crippen molar-refractivity contribution < 1.29 is 14.4 Å². The summed E-state index contributed by atoms with van der Waals surface area (Å²) in [5.74, 6) is 2.48. The van der Waals surface area contributed by atoms with Crippen molar-refractivity contribution in [2.75, 3.05) is 13.7 Å². The lowest BCUT2D eigenvalue weighted by Crippen LogP contribution is -2.17. The molecule has 0 aromatic carbocycles. The third-order valence-corrected chi connectivity index (χ3v) is 3.55. The van der Waals surface area contributed by atoms with Crippen molar-refractivity contribution in [1.29, 1.82) is 0 Å². The smallest absolute Gasteiger partial charge is 0.229 e. The maximum atomic E-state index is 9.61. The number of rotatable bonds is 5. The lowest BCUT2D eigenvalue weighted by atomic mass is 9.82. The summed E-state index contributed by atoms with van der Waals surface area (Å²) in [6.45, 7) is 2.56. The van der Waals surface area contributed by atoms with E-state index in [-0.39, 0.29) is 6.61 Å². The molecule has 3 atom stereocenters. The number of aliphatic hydroxyl groups excluding tert-OH is 1. The van der Waals surface area contributed by atoms with Gasteiger partial charge in [0.05, 0.1) is 19.1 Å². The zero-order chi connectivity index (χ0) is 13.0. The van der Waals surface area contributed by atoms with Gasteiger partial charge in [0.1, 0.15) is 0 Å². The predicted octanol–water partition coefficient (Wildman–Crippen LogP) is 1.91. The number of aromatic nitrogens is 2. The summed E-state index contributed by atoms with van der Waals surface area (Å²) in [6.07, 6.45) is 4.61. The molecule has 2 rings (SSSR count). The first-order valence-corrected chi connectivity index (χ1v) is 6.68. The van der Waals surface area contributed by atoms with Crippen LogP contribution >= 0.6 is 0 Å². The van der Waals surface area contributed by atoms with Gasteiger partial charge < -0.3 is 14.4 Å². The van der Waals surface area contributed by atoms with Crippen LogP contribution in [-0.2, 0) is 11.2 Å². The van der Waals surface area contributed by atoms with Gasteiger partial charge in [0.25, 0.3) is 0 Å². The van der Waals surface area contributed by atoms with E-state index in [1.807, 2.05) is 0 Å². The summed E-state index contributed by atoms with van der Waals surface area (Å²) in [5, 5.41) is 13.7. The van der Waals surface area contributed by atoms with Crippen LogP contribution in [0.1, 0.15) is 50.2 Å². The zero-order valence-corrected chi connectivity index (χ0v) is 11.1. The topological polar surface area (TPSA) is 68.4 Å². The van der Waals surface area contributed by atoms with E-state index in [0.29, 0.717) is 18.2 Å². The Morgan fingerprint density at radius 3 is 3.06 bits per heavy atom. The van der Waals surface area contributed by atoms with Crippen LogP contribution in [0.2, 0.25) is 0 Å². The van der Waals surface area contributed by atoms with Crippen molar-refractivity contribution in [3.63, 3.8) is 0 Å². The van der Waals surface area contributed by atoms with Crippen molar-refractivity contribution in [3.8, 4) is 0 Å². The van der Waals surface area contributed by atoms with Gasteiger partial charge in [-0.15, -0.1) is 0 Å². The molecule has 0 saturated heterocycles. The highest BCUT2D eigenvalue weighted by Crippen LogP contribution is 2.34. The minimum Gasteiger partial charge on any atom is -0.390 e. The lowest BCUT2D eigenvalue weighted by molar-refractivity contribution is 0.0599. The summed E-state index contributed by atoms with van der Waals surface area (Å²) in [7, 11) is 1.56. The van der Waals surface area contributed by atoms with Crippen LogP contribution in [0, 0.1) is 5.92 Å². The Hall–Kier alpha value is -0.940. The Kier molecular flexibility index (Phi) is 4.72. The number of methoxy groups -OCH3 is 1. The van der Waals surface area contributed by atoms with Gasteiger partial charge in [0.15, 0.2) is 5.82 Å². The molecule has 0 amide bonds. The van der Waals surface area contributed by atoms with Gasteiger partial charge >= 0.3 is 0 Å². The van der Waals surface area contributed by atoms with E-state index in [1.165, 1.54) is 12.8 Å². The quantitative estimate of drug-likeness (QED) is 0.869. The fourth-order valence-corrected chi connectivity index (χ4v) is 2.64. The van der Waals surface area contributed by atoms with E-state index < -0.39 is 6.10 Å². The minimum atomic E-state index is -0.575. The van der Waals surface area contributed by atoms with Crippen LogP contribution in [0.15, 0.2) is 4.52 Å². The van der Waals surface area contributed by atoms with Crippen LogP contribution in [0.25, 0.3) is 0 Å². The molecule has 0 bridgehead atoms. The first-order valence-electron chi connectivity index (χ1n) is 6.68. The molecule has 0 spiro atoms. The number of hydrogen-bond donors (Lipinski definition) is 1. The molecule has 1 aliphatic carbocycles. The van der Waals surface area contributed by atoms with Gasteiger partial charge in [0.2, 0.25) is 5.89 Å². The van der Waals surface area contributed by atoms with E-state index >= 15 is 0 Å². The first-order chi connectivity index (χ1) is 8.69. The Morgan fingerprint density at radius 1 is 1.50 bits per heavy atom. The van der Waals surface area contributed by atoms with E-state index in [9.17, 15) is 5.11 Å². The number of ether oxygens (including phenoxy) is 1. The maximum absolute atomic E-state index is 9.61. The average Bonchev–Trinajstić information content (AvgIpc) is 2.78. The van der Waals surface area contributed by atoms with Crippen molar-refractivity contribution in [1.82, 2.24) is 10.1 Å². The van der Waals surface area contributed by atoms with Crippen molar-refractivity contribution in [2.24, 2.45) is 5.92 Å². The summed E-state index contributed by atoms with van der Waals surface area (Å²) in [5.41, 5.74) is 0. The van der Waals surface area contributed by atoms with Crippen molar-refractivity contribution in [3.05, 3.63) is 11.7 Å².